The number of nitrogens with zero attached hydrogens (tertiary/aromatic N) is 2. The van der Waals surface area contributed by atoms with Crippen molar-refractivity contribution < 1.29 is 4.79 Å². The van der Waals surface area contributed by atoms with Crippen molar-refractivity contribution in [1.29, 1.82) is 0 Å². The summed E-state index contributed by atoms with van der Waals surface area (Å²) in [4.78, 5) is 15.2. The number of carbonyl (C=O) groups excluding carboxylic acids is 1. The molecule has 4 nitrogen and oxygen atoms in total. The Hall–Kier alpha value is -1.03. The molecule has 2 rings (SSSR count). The van der Waals surface area contributed by atoms with E-state index in [9.17, 15) is 4.79 Å². The topological polar surface area (TPSA) is 46.9 Å². The molecule has 1 aliphatic rings. The van der Waals surface area contributed by atoms with Crippen molar-refractivity contribution in [1.82, 2.24) is 14.9 Å². The second kappa shape index (κ2) is 4.66. The number of nitrogens with one attached hydrogen (secondary N) is 1. The van der Waals surface area contributed by atoms with Crippen LogP contribution in [0.5, 0.6) is 0 Å². The summed E-state index contributed by atoms with van der Waals surface area (Å²) in [6, 6.07) is 0. The SMILES string of the molecule is O=C(CCl)NCCn1ccnc1C1CC1. The first-order valence-electron chi connectivity index (χ1n) is 5.15. The maximum absolute atomic E-state index is 10.9. The van der Waals surface area contributed by atoms with Crippen LogP contribution in [0.3, 0.4) is 0 Å². The number of alkyl halides is 1. The number of imidazole rings is 1. The van der Waals surface area contributed by atoms with Gasteiger partial charge in [0, 0.05) is 31.4 Å². The van der Waals surface area contributed by atoms with E-state index in [4.69, 9.17) is 11.6 Å². The van der Waals surface area contributed by atoms with E-state index < -0.39 is 0 Å². The number of carbonyl (C=O) groups is 1. The van der Waals surface area contributed by atoms with E-state index in [1.54, 1.807) is 0 Å². The van der Waals surface area contributed by atoms with Crippen molar-refractivity contribution >= 4 is 17.5 Å². The molecule has 1 fully saturated rings. The van der Waals surface area contributed by atoms with Crippen molar-refractivity contribution in [2.45, 2.75) is 25.3 Å². The van der Waals surface area contributed by atoms with Crippen molar-refractivity contribution in [3.63, 3.8) is 0 Å². The summed E-state index contributed by atoms with van der Waals surface area (Å²) >= 11 is 5.37. The summed E-state index contributed by atoms with van der Waals surface area (Å²) in [6.07, 6.45) is 6.26. The molecule has 0 aromatic carbocycles. The number of halogens is 1. The summed E-state index contributed by atoms with van der Waals surface area (Å²) in [5.74, 6) is 1.70. The minimum atomic E-state index is -0.121. The maximum atomic E-state index is 10.9. The lowest BCUT2D eigenvalue weighted by molar-refractivity contribution is -0.118. The fourth-order valence-corrected chi connectivity index (χ4v) is 1.67. The lowest BCUT2D eigenvalue weighted by Gasteiger charge is -2.07. The quantitative estimate of drug-likeness (QED) is 0.767. The molecule has 1 saturated carbocycles. The van der Waals surface area contributed by atoms with Crippen LogP contribution in [0.15, 0.2) is 12.4 Å². The van der Waals surface area contributed by atoms with Gasteiger partial charge in [0.05, 0.1) is 0 Å². The lowest BCUT2D eigenvalue weighted by atomic mass is 10.4. The van der Waals surface area contributed by atoms with Crippen LogP contribution in [-0.4, -0.2) is 27.9 Å². The Morgan fingerprint density at radius 3 is 3.13 bits per heavy atom. The molecule has 1 heterocycles. The molecule has 5 heteroatoms. The van der Waals surface area contributed by atoms with Gasteiger partial charge in [-0.3, -0.25) is 4.79 Å². The minimum absolute atomic E-state index is 0.0272. The average Bonchev–Trinajstić information content (AvgIpc) is 2.99. The van der Waals surface area contributed by atoms with Crippen LogP contribution in [0, 0.1) is 0 Å². The van der Waals surface area contributed by atoms with E-state index in [-0.39, 0.29) is 11.8 Å². The molecular weight excluding hydrogens is 214 g/mol. The van der Waals surface area contributed by atoms with Gasteiger partial charge in [-0.25, -0.2) is 4.98 Å². The van der Waals surface area contributed by atoms with E-state index in [0.717, 1.165) is 12.4 Å². The van der Waals surface area contributed by atoms with Gasteiger partial charge in [0.2, 0.25) is 5.91 Å². The number of aromatic nitrogens is 2. The van der Waals surface area contributed by atoms with E-state index >= 15 is 0 Å². The molecule has 1 N–H and O–H groups in total. The van der Waals surface area contributed by atoms with Crippen molar-refractivity contribution in [2.24, 2.45) is 0 Å². The zero-order chi connectivity index (χ0) is 10.7. The van der Waals surface area contributed by atoms with Crippen LogP contribution in [-0.2, 0) is 11.3 Å². The molecule has 1 amide bonds. The summed E-state index contributed by atoms with van der Waals surface area (Å²) in [7, 11) is 0. The highest BCUT2D eigenvalue weighted by atomic mass is 35.5. The number of amides is 1. The van der Waals surface area contributed by atoms with Gasteiger partial charge in [-0.1, -0.05) is 0 Å². The van der Waals surface area contributed by atoms with E-state index in [1.165, 1.54) is 12.8 Å². The molecule has 0 aliphatic heterocycles. The normalized spacial score (nSPS) is 15.3. The predicted molar refractivity (Wildman–Crippen MR) is 57.9 cm³/mol. The van der Waals surface area contributed by atoms with Gasteiger partial charge in [0.25, 0.3) is 0 Å². The monoisotopic (exact) mass is 227 g/mol. The molecule has 0 radical (unpaired) electrons. The first-order chi connectivity index (χ1) is 7.31. The van der Waals surface area contributed by atoms with E-state index in [2.05, 4.69) is 14.9 Å². The molecule has 1 aliphatic carbocycles. The van der Waals surface area contributed by atoms with Crippen LogP contribution in [0.25, 0.3) is 0 Å². The molecule has 82 valence electrons. The van der Waals surface area contributed by atoms with Crippen LogP contribution in [0.4, 0.5) is 0 Å². The highest BCUT2D eigenvalue weighted by Gasteiger charge is 2.27. The predicted octanol–water partition coefficient (Wildman–Crippen LogP) is 1.12. The third-order valence-electron chi connectivity index (χ3n) is 2.49. The Morgan fingerprint density at radius 2 is 2.47 bits per heavy atom. The van der Waals surface area contributed by atoms with E-state index in [0.29, 0.717) is 12.5 Å². The third kappa shape index (κ3) is 2.72. The van der Waals surface area contributed by atoms with Crippen molar-refractivity contribution in [2.75, 3.05) is 12.4 Å². The number of hydrogen-bond acceptors (Lipinski definition) is 2. The molecule has 0 saturated heterocycles. The van der Waals surface area contributed by atoms with Crippen molar-refractivity contribution in [3.05, 3.63) is 18.2 Å². The Balaban J connectivity index is 1.82. The molecule has 15 heavy (non-hydrogen) atoms. The van der Waals surface area contributed by atoms with Gasteiger partial charge in [-0.2, -0.15) is 0 Å². The Morgan fingerprint density at radius 1 is 1.67 bits per heavy atom. The zero-order valence-corrected chi connectivity index (χ0v) is 9.20. The Bertz CT molecular complexity index is 346. The van der Waals surface area contributed by atoms with Crippen LogP contribution >= 0.6 is 11.6 Å². The average molecular weight is 228 g/mol. The minimum Gasteiger partial charge on any atom is -0.353 e. The molecule has 0 bridgehead atoms. The van der Waals surface area contributed by atoms with Crippen molar-refractivity contribution in [3.8, 4) is 0 Å². The fraction of sp³-hybridized carbons (Fsp3) is 0.600. The van der Waals surface area contributed by atoms with Crippen LogP contribution < -0.4 is 5.32 Å². The summed E-state index contributed by atoms with van der Waals surface area (Å²) < 4.78 is 2.10. The lowest BCUT2D eigenvalue weighted by Crippen LogP contribution is -2.28. The first kappa shape index (κ1) is 10.5. The molecule has 1 aromatic heterocycles. The Labute approximate surface area is 93.6 Å². The van der Waals surface area contributed by atoms with Gasteiger partial charge < -0.3 is 9.88 Å². The molecule has 0 atom stereocenters. The van der Waals surface area contributed by atoms with Gasteiger partial charge in [0.15, 0.2) is 0 Å². The molecule has 0 unspecified atom stereocenters. The van der Waals surface area contributed by atoms with Crippen LogP contribution in [0.1, 0.15) is 24.6 Å². The molecule has 1 aromatic rings. The smallest absolute Gasteiger partial charge is 0.234 e. The highest BCUT2D eigenvalue weighted by molar-refractivity contribution is 6.27. The van der Waals surface area contributed by atoms with Gasteiger partial charge in [-0.15, -0.1) is 11.6 Å². The largest absolute Gasteiger partial charge is 0.353 e. The second-order valence-corrected chi connectivity index (χ2v) is 4.00. The zero-order valence-electron chi connectivity index (χ0n) is 8.45. The van der Waals surface area contributed by atoms with Gasteiger partial charge >= 0.3 is 0 Å². The van der Waals surface area contributed by atoms with Gasteiger partial charge in [-0.05, 0) is 12.8 Å². The Kier molecular flexibility index (Phi) is 3.26. The molecular formula is C10H14ClN3O. The second-order valence-electron chi connectivity index (χ2n) is 3.74. The summed E-state index contributed by atoms with van der Waals surface area (Å²) in [6.45, 7) is 1.39. The first-order valence-corrected chi connectivity index (χ1v) is 5.68. The van der Waals surface area contributed by atoms with Gasteiger partial charge in [0.1, 0.15) is 11.7 Å². The summed E-state index contributed by atoms with van der Waals surface area (Å²) in [5.41, 5.74) is 0. The third-order valence-corrected chi connectivity index (χ3v) is 2.73. The molecule has 0 spiro atoms. The number of rotatable bonds is 5. The number of hydrogen-bond donors (Lipinski definition) is 1. The summed E-state index contributed by atoms with van der Waals surface area (Å²) in [5, 5.41) is 2.74. The van der Waals surface area contributed by atoms with E-state index in [1.807, 2.05) is 12.4 Å². The van der Waals surface area contributed by atoms with Crippen LogP contribution in [0.2, 0.25) is 0 Å². The maximum Gasteiger partial charge on any atom is 0.234 e. The highest BCUT2D eigenvalue weighted by Crippen LogP contribution is 2.38. The standard InChI is InChI=1S/C10H14ClN3O/c11-7-9(15)12-3-5-14-6-4-13-10(14)8-1-2-8/h4,6,8H,1-3,5,7H2,(H,12,15). The fourth-order valence-electron chi connectivity index (χ4n) is 1.57.